The van der Waals surface area contributed by atoms with Crippen LogP contribution in [0.1, 0.15) is 35.4 Å². The van der Waals surface area contributed by atoms with E-state index in [1.165, 1.54) is 22.2 Å². The van der Waals surface area contributed by atoms with E-state index in [4.69, 9.17) is 11.6 Å². The lowest BCUT2D eigenvalue weighted by molar-refractivity contribution is 0.312. The smallest absolute Gasteiger partial charge is 0.189 e. The van der Waals surface area contributed by atoms with Gasteiger partial charge in [-0.25, -0.2) is 0 Å². The van der Waals surface area contributed by atoms with Crippen LogP contribution in [-0.4, -0.2) is 28.0 Å². The normalized spacial score (nSPS) is 18.7. The summed E-state index contributed by atoms with van der Waals surface area (Å²) in [6.45, 7) is 1.97. The Hall–Kier alpha value is -2.30. The molecule has 5 rings (SSSR count). The molecule has 0 amide bonds. The van der Waals surface area contributed by atoms with Crippen molar-refractivity contribution in [3.05, 3.63) is 68.2 Å². The maximum absolute atomic E-state index is 12.5. The number of H-pyrrole nitrogens is 1. The fourth-order valence-electron chi connectivity index (χ4n) is 4.58. The molecule has 1 aromatic carbocycles. The highest BCUT2D eigenvalue weighted by Gasteiger charge is 2.23. The van der Waals surface area contributed by atoms with Gasteiger partial charge in [-0.3, -0.25) is 4.79 Å². The molecular weight excluding hydrogens is 358 g/mol. The number of aryl methyl sites for hydroxylation is 1. The van der Waals surface area contributed by atoms with Crippen LogP contribution in [0.25, 0.3) is 22.7 Å². The number of hydrogen-bond donors (Lipinski definition) is 1. The molecule has 0 saturated carbocycles. The summed E-state index contributed by atoms with van der Waals surface area (Å²) in [7, 11) is 2.16. The van der Waals surface area contributed by atoms with E-state index in [-0.39, 0.29) is 5.43 Å². The van der Waals surface area contributed by atoms with Crippen LogP contribution in [0.15, 0.2) is 35.3 Å². The van der Waals surface area contributed by atoms with Gasteiger partial charge in [0, 0.05) is 65.3 Å². The first kappa shape index (κ1) is 16.8. The molecule has 3 heterocycles. The molecular formula is C22H22ClN3O. The van der Waals surface area contributed by atoms with E-state index in [2.05, 4.69) is 39.8 Å². The predicted molar refractivity (Wildman–Crippen MR) is 111 cm³/mol. The van der Waals surface area contributed by atoms with Gasteiger partial charge in [-0.15, -0.1) is 0 Å². The number of halogens is 1. The van der Waals surface area contributed by atoms with E-state index in [9.17, 15) is 4.79 Å². The lowest BCUT2D eigenvalue weighted by Gasteiger charge is -2.24. The Morgan fingerprint density at radius 2 is 2.07 bits per heavy atom. The number of rotatable bonds is 1. The Balaban J connectivity index is 1.76. The van der Waals surface area contributed by atoms with E-state index in [0.29, 0.717) is 0 Å². The number of fused-ring (bicyclic) bond motifs is 4. The molecule has 138 valence electrons. The summed E-state index contributed by atoms with van der Waals surface area (Å²) in [5.74, 6) is 0. The Labute approximate surface area is 163 Å². The SMILES string of the molecule is CN1CCc2c(c3cc(Cl)ccc3n2C=C2CCCc3[nH]ccc(=O)c32)C1. The first-order valence-corrected chi connectivity index (χ1v) is 9.91. The molecule has 2 aliphatic rings. The number of pyridine rings is 1. The fourth-order valence-corrected chi connectivity index (χ4v) is 4.76. The number of benzene rings is 1. The van der Waals surface area contributed by atoms with Crippen molar-refractivity contribution in [1.29, 1.82) is 0 Å². The van der Waals surface area contributed by atoms with Crippen LogP contribution in [0.2, 0.25) is 5.02 Å². The van der Waals surface area contributed by atoms with Crippen LogP contribution < -0.4 is 5.43 Å². The summed E-state index contributed by atoms with van der Waals surface area (Å²) in [4.78, 5) is 18.2. The standard InChI is InChI=1S/C22H22ClN3O/c1-25-10-8-20-17(13-25)16-11-15(23)5-6-19(16)26(20)12-14-3-2-4-18-22(14)21(27)7-9-24-18/h5-7,9,11-12H,2-4,8,10,13H2,1H3,(H,24,27). The highest BCUT2D eigenvalue weighted by molar-refractivity contribution is 6.31. The van der Waals surface area contributed by atoms with Crippen molar-refractivity contribution >= 4 is 34.3 Å². The number of likely N-dealkylation sites (N-methyl/N-ethyl adjacent to an activating group) is 1. The van der Waals surface area contributed by atoms with Crippen molar-refractivity contribution in [2.45, 2.75) is 32.2 Å². The monoisotopic (exact) mass is 379 g/mol. The predicted octanol–water partition coefficient (Wildman–Crippen LogP) is 4.31. The minimum atomic E-state index is 0.114. The molecule has 2 aromatic heterocycles. The molecule has 5 heteroatoms. The largest absolute Gasteiger partial charge is 0.364 e. The van der Waals surface area contributed by atoms with Gasteiger partial charge in [0.05, 0.1) is 5.52 Å². The van der Waals surface area contributed by atoms with E-state index in [0.717, 1.165) is 60.6 Å². The number of nitrogens with one attached hydrogen (secondary N) is 1. The van der Waals surface area contributed by atoms with Crippen molar-refractivity contribution < 1.29 is 0 Å². The van der Waals surface area contributed by atoms with Crippen LogP contribution in [0.3, 0.4) is 0 Å². The van der Waals surface area contributed by atoms with Crippen LogP contribution in [0, 0.1) is 0 Å². The quantitative estimate of drug-likeness (QED) is 0.684. The molecule has 0 spiro atoms. The fraction of sp³-hybridized carbons (Fsp3) is 0.318. The highest BCUT2D eigenvalue weighted by atomic mass is 35.5. The third-order valence-electron chi connectivity index (χ3n) is 5.86. The second-order valence-corrected chi connectivity index (χ2v) is 8.08. The third kappa shape index (κ3) is 2.75. The molecule has 3 aromatic rings. The number of aromatic nitrogens is 2. The first-order chi connectivity index (χ1) is 13.1. The second-order valence-electron chi connectivity index (χ2n) is 7.65. The average molecular weight is 380 g/mol. The molecule has 1 N–H and O–H groups in total. The molecule has 1 aliphatic heterocycles. The summed E-state index contributed by atoms with van der Waals surface area (Å²) in [6, 6.07) is 7.77. The first-order valence-electron chi connectivity index (χ1n) is 9.53. The topological polar surface area (TPSA) is 41.0 Å². The van der Waals surface area contributed by atoms with E-state index < -0.39 is 0 Å². The van der Waals surface area contributed by atoms with Gasteiger partial charge < -0.3 is 14.5 Å². The van der Waals surface area contributed by atoms with Gasteiger partial charge in [0.1, 0.15) is 0 Å². The third-order valence-corrected chi connectivity index (χ3v) is 6.10. The summed E-state index contributed by atoms with van der Waals surface area (Å²) in [6.07, 6.45) is 7.90. The summed E-state index contributed by atoms with van der Waals surface area (Å²) >= 11 is 6.30. The van der Waals surface area contributed by atoms with Gasteiger partial charge in [-0.05, 0) is 55.6 Å². The zero-order valence-electron chi connectivity index (χ0n) is 15.4. The van der Waals surface area contributed by atoms with Crippen molar-refractivity contribution in [1.82, 2.24) is 14.5 Å². The summed E-state index contributed by atoms with van der Waals surface area (Å²) in [5, 5.41) is 1.99. The summed E-state index contributed by atoms with van der Waals surface area (Å²) < 4.78 is 2.31. The molecule has 0 saturated heterocycles. The van der Waals surface area contributed by atoms with Crippen LogP contribution in [0.5, 0.6) is 0 Å². The Morgan fingerprint density at radius 3 is 2.96 bits per heavy atom. The number of aromatic amines is 1. The minimum absolute atomic E-state index is 0.114. The lowest BCUT2D eigenvalue weighted by atomic mass is 9.91. The molecule has 0 fully saturated rings. The Kier molecular flexibility index (Phi) is 3.99. The van der Waals surface area contributed by atoms with Crippen LogP contribution >= 0.6 is 11.6 Å². The zero-order valence-corrected chi connectivity index (χ0v) is 16.1. The van der Waals surface area contributed by atoms with Crippen molar-refractivity contribution in [3.8, 4) is 0 Å². The van der Waals surface area contributed by atoms with Crippen molar-refractivity contribution in [2.75, 3.05) is 13.6 Å². The van der Waals surface area contributed by atoms with Gasteiger partial charge in [-0.1, -0.05) is 11.6 Å². The van der Waals surface area contributed by atoms with E-state index >= 15 is 0 Å². The molecule has 0 bridgehead atoms. The molecule has 0 atom stereocenters. The summed E-state index contributed by atoms with van der Waals surface area (Å²) in [5.41, 5.74) is 7.05. The minimum Gasteiger partial charge on any atom is -0.364 e. The maximum atomic E-state index is 12.5. The van der Waals surface area contributed by atoms with Crippen molar-refractivity contribution in [3.63, 3.8) is 0 Å². The van der Waals surface area contributed by atoms with E-state index in [1.54, 1.807) is 12.3 Å². The number of allylic oxidation sites excluding steroid dienone is 1. The molecule has 27 heavy (non-hydrogen) atoms. The van der Waals surface area contributed by atoms with Crippen LogP contribution in [0.4, 0.5) is 0 Å². The molecule has 0 radical (unpaired) electrons. The molecule has 4 nitrogen and oxygen atoms in total. The van der Waals surface area contributed by atoms with Gasteiger partial charge >= 0.3 is 0 Å². The lowest BCUT2D eigenvalue weighted by Crippen LogP contribution is -2.27. The average Bonchev–Trinajstić information content (AvgIpc) is 2.94. The van der Waals surface area contributed by atoms with Gasteiger partial charge in [0.25, 0.3) is 0 Å². The van der Waals surface area contributed by atoms with Gasteiger partial charge in [0.15, 0.2) is 5.43 Å². The molecule has 1 aliphatic carbocycles. The molecule has 0 unspecified atom stereocenters. The Morgan fingerprint density at radius 1 is 1.19 bits per heavy atom. The number of hydrogen-bond acceptors (Lipinski definition) is 2. The zero-order chi connectivity index (χ0) is 18.5. The Bertz CT molecular complexity index is 1140. The number of nitrogens with zero attached hydrogens (tertiary/aromatic N) is 2. The second kappa shape index (κ2) is 6.39. The van der Waals surface area contributed by atoms with Gasteiger partial charge in [0.2, 0.25) is 0 Å². The maximum Gasteiger partial charge on any atom is 0.189 e. The van der Waals surface area contributed by atoms with E-state index in [1.807, 2.05) is 6.07 Å². The highest BCUT2D eigenvalue weighted by Crippen LogP contribution is 2.35. The van der Waals surface area contributed by atoms with Crippen molar-refractivity contribution in [2.24, 2.45) is 0 Å². The van der Waals surface area contributed by atoms with Gasteiger partial charge in [-0.2, -0.15) is 0 Å². The van der Waals surface area contributed by atoms with Crippen LogP contribution in [-0.2, 0) is 19.4 Å².